The summed E-state index contributed by atoms with van der Waals surface area (Å²) >= 11 is 1.33. The average Bonchev–Trinajstić information content (AvgIpc) is 2.77. The first-order valence-electron chi connectivity index (χ1n) is 9.93. The van der Waals surface area contributed by atoms with E-state index in [1.54, 1.807) is 29.2 Å². The predicted molar refractivity (Wildman–Crippen MR) is 119 cm³/mol. The Hall–Kier alpha value is -2.54. The van der Waals surface area contributed by atoms with E-state index in [2.05, 4.69) is 19.2 Å². The number of thioether (sulfide) groups is 1. The van der Waals surface area contributed by atoms with Crippen molar-refractivity contribution in [2.45, 2.75) is 32.6 Å². The van der Waals surface area contributed by atoms with Crippen molar-refractivity contribution in [1.82, 2.24) is 0 Å². The van der Waals surface area contributed by atoms with Crippen LogP contribution in [0.5, 0.6) is 5.75 Å². The molecule has 0 fully saturated rings. The third-order valence-corrected chi connectivity index (χ3v) is 5.69. The molecule has 7 heteroatoms. The second-order valence-corrected chi connectivity index (χ2v) is 9.50. The van der Waals surface area contributed by atoms with E-state index >= 15 is 0 Å². The Balaban J connectivity index is 1.73. The Morgan fingerprint density at radius 3 is 2.60 bits per heavy atom. The van der Waals surface area contributed by atoms with Crippen LogP contribution in [-0.2, 0) is 9.59 Å². The van der Waals surface area contributed by atoms with E-state index in [-0.39, 0.29) is 30.0 Å². The fraction of sp³-hybridized carbons (Fsp3) is 0.391. The van der Waals surface area contributed by atoms with E-state index in [9.17, 15) is 14.0 Å². The fourth-order valence-corrected chi connectivity index (χ4v) is 3.85. The molecule has 30 heavy (non-hydrogen) atoms. The van der Waals surface area contributed by atoms with E-state index in [1.807, 2.05) is 19.9 Å². The Labute approximate surface area is 181 Å². The molecule has 0 atom stereocenters. The van der Waals surface area contributed by atoms with Gasteiger partial charge in [-0.25, -0.2) is 4.39 Å². The molecule has 5 nitrogen and oxygen atoms in total. The molecule has 2 aromatic carbocycles. The first kappa shape index (κ1) is 22.2. The van der Waals surface area contributed by atoms with Gasteiger partial charge in [-0.15, -0.1) is 11.8 Å². The number of benzene rings is 2. The summed E-state index contributed by atoms with van der Waals surface area (Å²) in [6, 6.07) is 11.4. The summed E-state index contributed by atoms with van der Waals surface area (Å²) in [5.74, 6) is 0.643. The van der Waals surface area contributed by atoms with Gasteiger partial charge in [-0.05, 0) is 56.2 Å². The van der Waals surface area contributed by atoms with Gasteiger partial charge < -0.3 is 15.0 Å². The molecule has 1 N–H and O–H groups in total. The quantitative estimate of drug-likeness (QED) is 0.658. The van der Waals surface area contributed by atoms with Crippen LogP contribution in [0.1, 0.15) is 27.7 Å². The van der Waals surface area contributed by atoms with Crippen molar-refractivity contribution in [2.24, 2.45) is 11.3 Å². The number of ether oxygens (including phenoxy) is 1. The molecule has 0 radical (unpaired) electrons. The molecular formula is C23H27FN2O3S. The monoisotopic (exact) mass is 430 g/mol. The normalized spacial score (nSPS) is 15.4. The number of nitrogens with zero attached hydrogens (tertiary/aromatic N) is 1. The average molecular weight is 431 g/mol. The van der Waals surface area contributed by atoms with E-state index in [0.717, 1.165) is 10.6 Å². The van der Waals surface area contributed by atoms with Crippen LogP contribution in [0, 0.1) is 17.2 Å². The van der Waals surface area contributed by atoms with Crippen LogP contribution in [0.25, 0.3) is 0 Å². The van der Waals surface area contributed by atoms with Gasteiger partial charge >= 0.3 is 0 Å². The Morgan fingerprint density at radius 1 is 1.23 bits per heavy atom. The molecule has 0 spiro atoms. The van der Waals surface area contributed by atoms with Crippen LogP contribution in [-0.4, -0.2) is 30.7 Å². The number of carbonyl (C=O) groups excluding carboxylic acids is 2. The van der Waals surface area contributed by atoms with Gasteiger partial charge in [-0.1, -0.05) is 13.8 Å². The number of hydrogen-bond donors (Lipinski definition) is 1. The van der Waals surface area contributed by atoms with Crippen molar-refractivity contribution in [3.05, 3.63) is 48.3 Å². The SMILES string of the molecule is CC(C)CN1C(=O)C(C)(C)COc2cc(NC(=O)CSc3ccc(F)cc3)ccc21. The molecule has 1 aliphatic heterocycles. The number of hydrogen-bond acceptors (Lipinski definition) is 4. The van der Waals surface area contributed by atoms with Gasteiger partial charge in [-0.2, -0.15) is 0 Å². The number of fused-ring (bicyclic) bond motifs is 1. The number of anilines is 2. The maximum absolute atomic E-state index is 13.0. The molecule has 2 aromatic rings. The fourth-order valence-electron chi connectivity index (χ4n) is 3.15. The van der Waals surface area contributed by atoms with E-state index < -0.39 is 5.41 Å². The lowest BCUT2D eigenvalue weighted by atomic mass is 9.92. The predicted octanol–water partition coefficient (Wildman–Crippen LogP) is 4.96. The van der Waals surface area contributed by atoms with E-state index in [1.165, 1.54) is 23.9 Å². The van der Waals surface area contributed by atoms with Crippen LogP contribution in [0.3, 0.4) is 0 Å². The highest BCUT2D eigenvalue weighted by Crippen LogP contribution is 2.38. The molecule has 1 aliphatic rings. The van der Waals surface area contributed by atoms with Crippen molar-refractivity contribution in [3.8, 4) is 5.75 Å². The summed E-state index contributed by atoms with van der Waals surface area (Å²) in [5, 5.41) is 2.86. The minimum Gasteiger partial charge on any atom is -0.490 e. The lowest BCUT2D eigenvalue weighted by Crippen LogP contribution is -2.43. The molecule has 0 aliphatic carbocycles. The van der Waals surface area contributed by atoms with Crippen molar-refractivity contribution in [3.63, 3.8) is 0 Å². The molecule has 1 heterocycles. The van der Waals surface area contributed by atoms with Crippen molar-refractivity contribution in [2.75, 3.05) is 29.1 Å². The molecular weight excluding hydrogens is 403 g/mol. The van der Waals surface area contributed by atoms with Crippen molar-refractivity contribution >= 4 is 35.0 Å². The second-order valence-electron chi connectivity index (χ2n) is 8.46. The number of rotatable bonds is 6. The lowest BCUT2D eigenvalue weighted by molar-refractivity contribution is -0.127. The minimum atomic E-state index is -0.636. The second kappa shape index (κ2) is 9.08. The van der Waals surface area contributed by atoms with Crippen LogP contribution < -0.4 is 15.0 Å². The number of nitrogens with one attached hydrogen (secondary N) is 1. The lowest BCUT2D eigenvalue weighted by Gasteiger charge is -2.29. The van der Waals surface area contributed by atoms with Gasteiger partial charge in [0.1, 0.15) is 18.2 Å². The maximum Gasteiger partial charge on any atom is 0.236 e. The highest BCUT2D eigenvalue weighted by atomic mass is 32.2. The first-order chi connectivity index (χ1) is 14.2. The Bertz CT molecular complexity index is 929. The molecule has 3 rings (SSSR count). The molecule has 0 bridgehead atoms. The number of halogens is 1. The standard InChI is InChI=1S/C23H27FN2O3S/c1-15(2)12-26-19-10-7-17(11-20(19)29-14-23(3,4)22(26)28)25-21(27)13-30-18-8-5-16(24)6-9-18/h5-11,15H,12-14H2,1-4H3,(H,25,27). The Kier molecular flexibility index (Phi) is 6.71. The van der Waals surface area contributed by atoms with Crippen molar-refractivity contribution < 1.29 is 18.7 Å². The zero-order valence-corrected chi connectivity index (χ0v) is 18.5. The van der Waals surface area contributed by atoms with Gasteiger partial charge in [0.15, 0.2) is 0 Å². The van der Waals surface area contributed by atoms with Crippen LogP contribution >= 0.6 is 11.8 Å². The highest BCUT2D eigenvalue weighted by molar-refractivity contribution is 8.00. The van der Waals surface area contributed by atoms with Crippen LogP contribution in [0.2, 0.25) is 0 Å². The molecule has 2 amide bonds. The maximum atomic E-state index is 13.0. The molecule has 0 saturated heterocycles. The van der Waals surface area contributed by atoms with E-state index in [4.69, 9.17) is 4.74 Å². The van der Waals surface area contributed by atoms with Crippen LogP contribution in [0.15, 0.2) is 47.4 Å². The number of carbonyl (C=O) groups is 2. The summed E-state index contributed by atoms with van der Waals surface area (Å²) in [6.07, 6.45) is 0. The minimum absolute atomic E-state index is 0.0300. The smallest absolute Gasteiger partial charge is 0.236 e. The summed E-state index contributed by atoms with van der Waals surface area (Å²) in [5.41, 5.74) is 0.691. The third kappa shape index (κ3) is 5.33. The van der Waals surface area contributed by atoms with Gasteiger partial charge in [0.05, 0.1) is 16.9 Å². The highest BCUT2D eigenvalue weighted by Gasteiger charge is 2.38. The van der Waals surface area contributed by atoms with Gasteiger partial charge in [-0.3, -0.25) is 9.59 Å². The topological polar surface area (TPSA) is 58.6 Å². The largest absolute Gasteiger partial charge is 0.490 e. The van der Waals surface area contributed by atoms with E-state index in [0.29, 0.717) is 23.9 Å². The van der Waals surface area contributed by atoms with Gasteiger partial charge in [0.25, 0.3) is 0 Å². The van der Waals surface area contributed by atoms with Gasteiger partial charge in [0, 0.05) is 23.2 Å². The molecule has 0 saturated carbocycles. The summed E-state index contributed by atoms with van der Waals surface area (Å²) in [7, 11) is 0. The van der Waals surface area contributed by atoms with Crippen LogP contribution in [0.4, 0.5) is 15.8 Å². The van der Waals surface area contributed by atoms with Gasteiger partial charge in [0.2, 0.25) is 11.8 Å². The Morgan fingerprint density at radius 2 is 1.93 bits per heavy atom. The first-order valence-corrected chi connectivity index (χ1v) is 10.9. The third-order valence-electron chi connectivity index (χ3n) is 4.68. The number of amides is 2. The molecule has 160 valence electrons. The molecule has 0 aromatic heterocycles. The summed E-state index contributed by atoms with van der Waals surface area (Å²) in [6.45, 7) is 8.76. The summed E-state index contributed by atoms with van der Waals surface area (Å²) in [4.78, 5) is 28.0. The summed E-state index contributed by atoms with van der Waals surface area (Å²) < 4.78 is 18.9. The molecule has 0 unspecified atom stereocenters. The zero-order chi connectivity index (χ0) is 21.9. The zero-order valence-electron chi connectivity index (χ0n) is 17.7. The van der Waals surface area contributed by atoms with Crippen molar-refractivity contribution in [1.29, 1.82) is 0 Å².